The van der Waals surface area contributed by atoms with Crippen LogP contribution in [0.2, 0.25) is 0 Å². The van der Waals surface area contributed by atoms with Gasteiger partial charge in [0, 0.05) is 51.1 Å². The van der Waals surface area contributed by atoms with Crippen LogP contribution in [0.1, 0.15) is 16.8 Å². The van der Waals surface area contributed by atoms with E-state index in [1.165, 1.54) is 10.6 Å². The Bertz CT molecular complexity index is 911. The molecule has 0 saturated heterocycles. The minimum absolute atomic E-state index is 0.201. The first-order valence-corrected chi connectivity index (χ1v) is 9.86. The number of rotatable bonds is 4. The molecule has 3 rings (SSSR count). The van der Waals surface area contributed by atoms with E-state index < -0.39 is 10.0 Å². The van der Waals surface area contributed by atoms with Crippen molar-refractivity contribution in [2.24, 2.45) is 0 Å². The molecule has 2 aromatic heterocycles. The largest absolute Gasteiger partial charge is 0.341 e. The lowest BCUT2D eigenvalue weighted by molar-refractivity contribution is 0.430. The Morgan fingerprint density at radius 3 is 2.76 bits per heavy atom. The fourth-order valence-electron chi connectivity index (χ4n) is 2.93. The predicted octanol–water partition coefficient (Wildman–Crippen LogP) is 0.162. The number of hydrogen-bond donors (Lipinski definition) is 1. The Balaban J connectivity index is 1.85. The van der Waals surface area contributed by atoms with Crippen molar-refractivity contribution in [3.8, 4) is 0 Å². The van der Waals surface area contributed by atoms with Gasteiger partial charge in [0.25, 0.3) is 5.56 Å². The lowest BCUT2D eigenvalue weighted by Gasteiger charge is -2.18. The maximum absolute atomic E-state index is 12.4. The molecule has 0 fully saturated rings. The van der Waals surface area contributed by atoms with Crippen molar-refractivity contribution in [3.63, 3.8) is 0 Å². The molecule has 0 amide bonds. The van der Waals surface area contributed by atoms with Gasteiger partial charge in [-0.3, -0.25) is 14.8 Å². The van der Waals surface area contributed by atoms with Crippen LogP contribution in [0.25, 0.3) is 0 Å². The van der Waals surface area contributed by atoms with Gasteiger partial charge in [-0.1, -0.05) is 6.07 Å². The van der Waals surface area contributed by atoms with Gasteiger partial charge in [0.1, 0.15) is 0 Å². The number of sulfonamides is 1. The first-order valence-electron chi connectivity index (χ1n) is 8.02. The van der Waals surface area contributed by atoms with Crippen molar-refractivity contribution in [3.05, 3.63) is 51.7 Å². The van der Waals surface area contributed by atoms with Crippen LogP contribution in [0, 0.1) is 0 Å². The van der Waals surface area contributed by atoms with Gasteiger partial charge in [-0.25, -0.2) is 17.7 Å². The highest BCUT2D eigenvalue weighted by Gasteiger charge is 2.24. The second-order valence-corrected chi connectivity index (χ2v) is 8.18. The maximum atomic E-state index is 12.4. The Kier molecular flexibility index (Phi) is 4.87. The Morgan fingerprint density at radius 1 is 1.32 bits per heavy atom. The molecular formula is C16H21N5O3S. The molecule has 0 aliphatic carbocycles. The molecule has 8 nitrogen and oxygen atoms in total. The number of pyridine rings is 1. The van der Waals surface area contributed by atoms with Crippen LogP contribution >= 0.6 is 0 Å². The summed E-state index contributed by atoms with van der Waals surface area (Å²) in [5, 5.41) is 0. The second kappa shape index (κ2) is 6.93. The van der Waals surface area contributed by atoms with E-state index in [-0.39, 0.29) is 5.56 Å². The van der Waals surface area contributed by atoms with Crippen LogP contribution in [-0.2, 0) is 29.4 Å². The first kappa shape index (κ1) is 17.6. The van der Waals surface area contributed by atoms with E-state index in [4.69, 9.17) is 0 Å². The summed E-state index contributed by atoms with van der Waals surface area (Å²) in [7, 11) is -1.43. The lowest BCUT2D eigenvalue weighted by Crippen LogP contribution is -2.32. The van der Waals surface area contributed by atoms with Crippen molar-refractivity contribution in [1.82, 2.24) is 19.3 Å². The van der Waals surface area contributed by atoms with Crippen LogP contribution in [0.4, 0.5) is 5.95 Å². The Hall–Kier alpha value is -2.26. The molecule has 134 valence electrons. The summed E-state index contributed by atoms with van der Waals surface area (Å²) >= 11 is 0. The van der Waals surface area contributed by atoms with Crippen molar-refractivity contribution in [2.75, 3.05) is 31.3 Å². The van der Waals surface area contributed by atoms with Gasteiger partial charge in [-0.2, -0.15) is 0 Å². The summed E-state index contributed by atoms with van der Waals surface area (Å²) in [5.41, 5.74) is 2.05. The zero-order chi connectivity index (χ0) is 18.0. The quantitative estimate of drug-likeness (QED) is 0.831. The summed E-state index contributed by atoms with van der Waals surface area (Å²) in [6.07, 6.45) is 5.47. The standard InChI is InChI=1S/C16H21N5O3S/c1-20(11-12-4-3-7-17-10-12)16-18-14-6-9-21(25(2,23)24)8-5-13(14)15(22)19-16/h3-4,7,10H,5-6,8-9,11H2,1-2H3,(H,18,19,22). The number of fused-ring (bicyclic) bond motifs is 1. The summed E-state index contributed by atoms with van der Waals surface area (Å²) < 4.78 is 24.9. The molecule has 2 aromatic rings. The SMILES string of the molecule is CN(Cc1cccnc1)c1nc2c(c(=O)[nH]1)CCN(S(C)(=O)=O)CC2. The average Bonchev–Trinajstić information content (AvgIpc) is 2.78. The molecule has 0 saturated carbocycles. The predicted molar refractivity (Wildman–Crippen MR) is 95.0 cm³/mol. The van der Waals surface area contributed by atoms with Crippen LogP contribution in [-0.4, -0.2) is 54.1 Å². The van der Waals surface area contributed by atoms with Gasteiger partial charge in [0.15, 0.2) is 0 Å². The number of nitrogens with one attached hydrogen (secondary N) is 1. The zero-order valence-electron chi connectivity index (χ0n) is 14.3. The van der Waals surface area contributed by atoms with Crippen LogP contribution < -0.4 is 10.5 Å². The zero-order valence-corrected chi connectivity index (χ0v) is 15.1. The monoisotopic (exact) mass is 363 g/mol. The molecule has 3 heterocycles. The summed E-state index contributed by atoms with van der Waals surface area (Å²) in [6, 6.07) is 3.81. The van der Waals surface area contributed by atoms with Crippen molar-refractivity contribution >= 4 is 16.0 Å². The van der Waals surface area contributed by atoms with Gasteiger partial charge in [0.05, 0.1) is 11.9 Å². The molecular weight excluding hydrogens is 342 g/mol. The number of hydrogen-bond acceptors (Lipinski definition) is 6. The molecule has 25 heavy (non-hydrogen) atoms. The van der Waals surface area contributed by atoms with E-state index in [1.54, 1.807) is 12.4 Å². The van der Waals surface area contributed by atoms with Crippen LogP contribution in [0.5, 0.6) is 0 Å². The number of aromatic amines is 1. The fourth-order valence-corrected chi connectivity index (χ4v) is 3.77. The van der Waals surface area contributed by atoms with Crippen molar-refractivity contribution in [2.45, 2.75) is 19.4 Å². The van der Waals surface area contributed by atoms with E-state index in [0.29, 0.717) is 49.7 Å². The third kappa shape index (κ3) is 4.05. The Labute approximate surface area is 146 Å². The van der Waals surface area contributed by atoms with Crippen molar-refractivity contribution < 1.29 is 8.42 Å². The number of nitrogens with zero attached hydrogens (tertiary/aromatic N) is 4. The molecule has 0 atom stereocenters. The smallest absolute Gasteiger partial charge is 0.255 e. The molecule has 1 aliphatic heterocycles. The van der Waals surface area contributed by atoms with E-state index in [2.05, 4.69) is 15.0 Å². The lowest BCUT2D eigenvalue weighted by atomic mass is 10.1. The van der Waals surface area contributed by atoms with Gasteiger partial charge in [-0.05, 0) is 18.1 Å². The van der Waals surface area contributed by atoms with E-state index in [0.717, 1.165) is 5.56 Å². The molecule has 0 spiro atoms. The third-order valence-corrected chi connectivity index (χ3v) is 5.57. The molecule has 1 aliphatic rings. The highest BCUT2D eigenvalue weighted by Crippen LogP contribution is 2.16. The van der Waals surface area contributed by atoms with Gasteiger partial charge < -0.3 is 4.90 Å². The third-order valence-electron chi connectivity index (χ3n) is 4.27. The highest BCUT2D eigenvalue weighted by atomic mass is 32.2. The summed E-state index contributed by atoms with van der Waals surface area (Å²) in [4.78, 5) is 25.8. The normalized spacial score (nSPS) is 15.4. The fraction of sp³-hybridized carbons (Fsp3) is 0.438. The number of aromatic nitrogens is 3. The van der Waals surface area contributed by atoms with Gasteiger partial charge >= 0.3 is 0 Å². The highest BCUT2D eigenvalue weighted by molar-refractivity contribution is 7.88. The molecule has 9 heteroatoms. The van der Waals surface area contributed by atoms with Crippen molar-refractivity contribution in [1.29, 1.82) is 0 Å². The van der Waals surface area contributed by atoms with E-state index in [9.17, 15) is 13.2 Å². The maximum Gasteiger partial charge on any atom is 0.255 e. The van der Waals surface area contributed by atoms with E-state index in [1.807, 2.05) is 24.1 Å². The first-order chi connectivity index (χ1) is 11.8. The second-order valence-electron chi connectivity index (χ2n) is 6.19. The van der Waals surface area contributed by atoms with Gasteiger partial charge in [-0.15, -0.1) is 0 Å². The van der Waals surface area contributed by atoms with E-state index >= 15 is 0 Å². The minimum Gasteiger partial charge on any atom is -0.341 e. The summed E-state index contributed by atoms with van der Waals surface area (Å²) in [6.45, 7) is 1.21. The minimum atomic E-state index is -3.27. The van der Waals surface area contributed by atoms with Gasteiger partial charge in [0.2, 0.25) is 16.0 Å². The average molecular weight is 363 g/mol. The number of H-pyrrole nitrogens is 1. The summed E-state index contributed by atoms with van der Waals surface area (Å²) in [5.74, 6) is 0.473. The topological polar surface area (TPSA) is 99.3 Å². The van der Waals surface area contributed by atoms with Crippen LogP contribution in [0.15, 0.2) is 29.3 Å². The molecule has 1 N–H and O–H groups in total. The van der Waals surface area contributed by atoms with Crippen LogP contribution in [0.3, 0.4) is 0 Å². The molecule has 0 bridgehead atoms. The molecule has 0 aromatic carbocycles. The molecule has 0 unspecified atom stereocenters. The molecule has 0 radical (unpaired) electrons. The number of anilines is 1. The Morgan fingerprint density at radius 2 is 2.08 bits per heavy atom.